The van der Waals surface area contributed by atoms with Gasteiger partial charge in [-0.2, -0.15) is 0 Å². The largest absolute Gasteiger partial charge is 0.485 e. The number of hydrogen-bond donors (Lipinski definition) is 0. The molecule has 0 aliphatic carbocycles. The van der Waals surface area contributed by atoms with Crippen LogP contribution in [-0.4, -0.2) is 29.6 Å². The third kappa shape index (κ3) is 5.08. The fraction of sp³-hybridized carbons (Fsp3) is 0.556. The predicted molar refractivity (Wildman–Crippen MR) is 130 cm³/mol. The molecule has 2 aromatic rings. The molecule has 1 unspecified atom stereocenters. The molecule has 32 heavy (non-hydrogen) atoms. The molecule has 0 saturated heterocycles. The summed E-state index contributed by atoms with van der Waals surface area (Å²) in [6.07, 6.45) is 4.05. The highest BCUT2D eigenvalue weighted by molar-refractivity contribution is 5.72. The third-order valence-electron chi connectivity index (χ3n) is 6.52. The Bertz CT molecular complexity index is 994. The molecule has 0 fully saturated rings. The minimum atomic E-state index is -0.327. The molecule has 0 bridgehead atoms. The molecule has 1 atom stereocenters. The average Bonchev–Trinajstić information content (AvgIpc) is 2.71. The zero-order chi connectivity index (χ0) is 23.6. The molecule has 0 N–H and O–H groups in total. The lowest BCUT2D eigenvalue weighted by Crippen LogP contribution is -2.48. The minimum absolute atomic E-state index is 0.287. The van der Waals surface area contributed by atoms with E-state index in [1.807, 2.05) is 13.8 Å². The number of aromatic nitrogens is 1. The van der Waals surface area contributed by atoms with Gasteiger partial charge in [0.15, 0.2) is 0 Å². The number of benzene rings is 1. The van der Waals surface area contributed by atoms with E-state index in [0.29, 0.717) is 5.75 Å². The summed E-state index contributed by atoms with van der Waals surface area (Å²) in [5.74, 6) is 2.38. The number of fused-ring (bicyclic) bond motifs is 1. The number of carbonyl (C=O) groups is 1. The molecule has 1 aromatic heterocycles. The third-order valence-corrected chi connectivity index (χ3v) is 6.52. The smallest absolute Gasteiger partial charge is 0.308 e. The van der Waals surface area contributed by atoms with Crippen LogP contribution in [0.3, 0.4) is 0 Å². The second kappa shape index (κ2) is 9.51. The van der Waals surface area contributed by atoms with Gasteiger partial charge in [0, 0.05) is 24.7 Å². The van der Waals surface area contributed by atoms with E-state index in [0.717, 1.165) is 78.3 Å². The van der Waals surface area contributed by atoms with E-state index in [-0.39, 0.29) is 11.6 Å². The van der Waals surface area contributed by atoms with Crippen molar-refractivity contribution in [2.75, 3.05) is 18.0 Å². The van der Waals surface area contributed by atoms with Crippen LogP contribution in [0, 0.1) is 34.6 Å². The second-order valence-electron chi connectivity index (χ2n) is 9.58. The second-order valence-corrected chi connectivity index (χ2v) is 9.58. The van der Waals surface area contributed by atoms with E-state index in [2.05, 4.69) is 51.7 Å². The molecule has 0 amide bonds. The van der Waals surface area contributed by atoms with Crippen LogP contribution in [0.5, 0.6) is 11.5 Å². The van der Waals surface area contributed by atoms with Gasteiger partial charge in [0.05, 0.1) is 6.54 Å². The van der Waals surface area contributed by atoms with E-state index >= 15 is 0 Å². The van der Waals surface area contributed by atoms with Gasteiger partial charge in [-0.1, -0.05) is 13.3 Å². The Kier molecular flexibility index (Phi) is 7.16. The highest BCUT2D eigenvalue weighted by atomic mass is 16.5. The van der Waals surface area contributed by atoms with Crippen LogP contribution in [0.4, 0.5) is 5.82 Å². The fourth-order valence-electron chi connectivity index (χ4n) is 4.70. The van der Waals surface area contributed by atoms with Crippen molar-refractivity contribution in [3.8, 4) is 11.5 Å². The van der Waals surface area contributed by atoms with Crippen molar-refractivity contribution < 1.29 is 14.3 Å². The molecular weight excluding hydrogens is 400 g/mol. The van der Waals surface area contributed by atoms with Gasteiger partial charge in [-0.05, 0) is 95.2 Å². The van der Waals surface area contributed by atoms with E-state index in [4.69, 9.17) is 14.5 Å². The number of hydrogen-bond acceptors (Lipinski definition) is 5. The van der Waals surface area contributed by atoms with E-state index in [9.17, 15) is 4.79 Å². The van der Waals surface area contributed by atoms with Gasteiger partial charge in [0.2, 0.25) is 0 Å². The van der Waals surface area contributed by atoms with Crippen LogP contribution < -0.4 is 14.4 Å². The van der Waals surface area contributed by atoms with E-state index in [1.165, 1.54) is 12.5 Å². The maximum Gasteiger partial charge on any atom is 0.308 e. The highest BCUT2D eigenvalue weighted by Gasteiger charge is 2.36. The number of pyridine rings is 1. The van der Waals surface area contributed by atoms with Gasteiger partial charge in [0.1, 0.15) is 22.9 Å². The number of rotatable bonds is 7. The van der Waals surface area contributed by atoms with Crippen molar-refractivity contribution in [1.29, 1.82) is 0 Å². The molecule has 0 radical (unpaired) electrons. The topological polar surface area (TPSA) is 51.7 Å². The molecule has 0 spiro atoms. The SMILES string of the molecule is CCCCN(CC1(C)CCc2c(C)c(OC(C)=O)c(C)c(C)c2O1)c1cc(C)cc(C)n1. The molecule has 1 aromatic carbocycles. The molecule has 0 saturated carbocycles. The van der Waals surface area contributed by atoms with Gasteiger partial charge in [-0.3, -0.25) is 4.79 Å². The zero-order valence-corrected chi connectivity index (χ0v) is 21.0. The Morgan fingerprint density at radius 1 is 1.16 bits per heavy atom. The van der Waals surface area contributed by atoms with Crippen molar-refractivity contribution in [2.24, 2.45) is 0 Å². The summed E-state index contributed by atoms with van der Waals surface area (Å²) in [5, 5.41) is 0. The van der Waals surface area contributed by atoms with Gasteiger partial charge in [-0.25, -0.2) is 4.98 Å². The van der Waals surface area contributed by atoms with Crippen molar-refractivity contribution in [2.45, 2.75) is 86.7 Å². The lowest BCUT2D eigenvalue weighted by molar-refractivity contribution is -0.132. The van der Waals surface area contributed by atoms with Crippen LogP contribution in [0.2, 0.25) is 0 Å². The number of carbonyl (C=O) groups excluding carboxylic acids is 1. The first-order chi connectivity index (χ1) is 15.0. The standard InChI is InChI=1S/C27H38N2O3/c1-9-10-13-29(24-15-17(2)14-18(3)28-24)16-27(8)12-11-23-21(6)25(31-22(7)30)19(4)20(5)26(23)32-27/h14-15H,9-13,16H2,1-8H3. The first-order valence-corrected chi connectivity index (χ1v) is 11.7. The summed E-state index contributed by atoms with van der Waals surface area (Å²) in [7, 11) is 0. The van der Waals surface area contributed by atoms with Gasteiger partial charge < -0.3 is 14.4 Å². The quantitative estimate of drug-likeness (QED) is 0.395. The number of aryl methyl sites for hydroxylation is 2. The van der Waals surface area contributed by atoms with Gasteiger partial charge >= 0.3 is 5.97 Å². The Morgan fingerprint density at radius 3 is 2.50 bits per heavy atom. The lowest BCUT2D eigenvalue weighted by atomic mass is 9.86. The summed E-state index contributed by atoms with van der Waals surface area (Å²) in [6.45, 7) is 17.9. The van der Waals surface area contributed by atoms with Crippen LogP contribution >= 0.6 is 0 Å². The number of anilines is 1. The number of ether oxygens (including phenoxy) is 2. The van der Waals surface area contributed by atoms with E-state index < -0.39 is 0 Å². The number of esters is 1. The Hall–Kier alpha value is -2.56. The summed E-state index contributed by atoms with van der Waals surface area (Å²) in [6, 6.07) is 4.29. The average molecular weight is 439 g/mol. The fourth-order valence-corrected chi connectivity index (χ4v) is 4.70. The summed E-state index contributed by atoms with van der Waals surface area (Å²) < 4.78 is 12.3. The molecule has 5 heteroatoms. The monoisotopic (exact) mass is 438 g/mol. The maximum atomic E-state index is 11.6. The maximum absolute atomic E-state index is 11.6. The van der Waals surface area contributed by atoms with Crippen LogP contribution in [0.25, 0.3) is 0 Å². The highest BCUT2D eigenvalue weighted by Crippen LogP contribution is 2.44. The molecule has 5 nitrogen and oxygen atoms in total. The summed E-state index contributed by atoms with van der Waals surface area (Å²) in [5.41, 5.74) is 6.14. The van der Waals surface area contributed by atoms with Crippen LogP contribution in [-0.2, 0) is 11.2 Å². The molecule has 1 aliphatic heterocycles. The predicted octanol–water partition coefficient (Wildman–Crippen LogP) is 5.94. The normalized spacial score (nSPS) is 17.5. The molecule has 2 heterocycles. The van der Waals surface area contributed by atoms with Crippen molar-refractivity contribution >= 4 is 11.8 Å². The van der Waals surface area contributed by atoms with Crippen LogP contribution in [0.15, 0.2) is 12.1 Å². The molecule has 3 rings (SSSR count). The molecule has 1 aliphatic rings. The molecule has 174 valence electrons. The Morgan fingerprint density at radius 2 is 1.88 bits per heavy atom. The molecular formula is C27H38N2O3. The minimum Gasteiger partial charge on any atom is -0.485 e. The Labute approximate surface area is 193 Å². The first kappa shape index (κ1) is 24.1. The number of nitrogens with zero attached hydrogens (tertiary/aromatic N) is 2. The Balaban J connectivity index is 1.94. The van der Waals surface area contributed by atoms with Gasteiger partial charge in [0.25, 0.3) is 0 Å². The summed E-state index contributed by atoms with van der Waals surface area (Å²) >= 11 is 0. The van der Waals surface area contributed by atoms with Gasteiger partial charge in [-0.15, -0.1) is 0 Å². The number of unbranched alkanes of at least 4 members (excludes halogenated alkanes) is 1. The summed E-state index contributed by atoms with van der Waals surface area (Å²) in [4.78, 5) is 18.8. The zero-order valence-electron chi connectivity index (χ0n) is 21.0. The first-order valence-electron chi connectivity index (χ1n) is 11.7. The van der Waals surface area contributed by atoms with Crippen molar-refractivity contribution in [3.05, 3.63) is 45.6 Å². The van der Waals surface area contributed by atoms with Crippen molar-refractivity contribution in [1.82, 2.24) is 4.98 Å². The van der Waals surface area contributed by atoms with E-state index in [1.54, 1.807) is 0 Å². The lowest BCUT2D eigenvalue weighted by Gasteiger charge is -2.41. The van der Waals surface area contributed by atoms with Crippen molar-refractivity contribution in [3.63, 3.8) is 0 Å². The van der Waals surface area contributed by atoms with Crippen LogP contribution in [0.1, 0.15) is 73.5 Å².